The molecule has 1 aliphatic rings. The minimum atomic E-state index is 0.471. The molecule has 5 heteroatoms. The second-order valence-corrected chi connectivity index (χ2v) is 4.56. The topological polar surface area (TPSA) is 57.4 Å². The van der Waals surface area contributed by atoms with E-state index >= 15 is 0 Å². The molecule has 0 unspecified atom stereocenters. The highest BCUT2D eigenvalue weighted by Gasteiger charge is 2.27. The fraction of sp³-hybridized carbons (Fsp3) is 0.385. The highest BCUT2D eigenvalue weighted by atomic mass is 16.5. The summed E-state index contributed by atoms with van der Waals surface area (Å²) in [6.07, 6.45) is 3.46. The van der Waals surface area contributed by atoms with E-state index in [1.807, 2.05) is 0 Å². The van der Waals surface area contributed by atoms with Crippen molar-refractivity contribution in [2.75, 3.05) is 7.11 Å². The molecule has 1 aliphatic carbocycles. The average Bonchev–Trinajstić information content (AvgIpc) is 2.44. The van der Waals surface area contributed by atoms with Crippen LogP contribution < -0.4 is 9.16 Å². The van der Waals surface area contributed by atoms with Gasteiger partial charge in [-0.25, -0.2) is 0 Å². The predicted octanol–water partition coefficient (Wildman–Crippen LogP) is 1.68. The summed E-state index contributed by atoms with van der Waals surface area (Å²) < 4.78 is 7.21. The molecule has 94 valence electrons. The Morgan fingerprint density at radius 2 is 2.11 bits per heavy atom. The van der Waals surface area contributed by atoms with Crippen LogP contribution in [0, 0.1) is 4.91 Å². The first-order valence-electron chi connectivity index (χ1n) is 6.08. The van der Waals surface area contributed by atoms with E-state index in [9.17, 15) is 10.1 Å². The fourth-order valence-electron chi connectivity index (χ4n) is 2.58. The summed E-state index contributed by atoms with van der Waals surface area (Å²) in [6, 6.07) is 5.09. The van der Waals surface area contributed by atoms with Gasteiger partial charge in [0.25, 0.3) is 11.2 Å². The monoisotopic (exact) mass is 247 g/mol. The summed E-state index contributed by atoms with van der Waals surface area (Å²) in [4.78, 5) is 12.3. The third-order valence-corrected chi connectivity index (χ3v) is 3.54. The lowest BCUT2D eigenvalue weighted by molar-refractivity contribution is -0.477. The van der Waals surface area contributed by atoms with Crippen LogP contribution in [0.5, 0.6) is 5.75 Å². The van der Waals surface area contributed by atoms with Gasteiger partial charge in [0.05, 0.1) is 11.5 Å². The van der Waals surface area contributed by atoms with Crippen molar-refractivity contribution in [3.8, 4) is 5.75 Å². The fourth-order valence-corrected chi connectivity index (χ4v) is 2.58. The average molecular weight is 247 g/mol. The Morgan fingerprint density at radius 3 is 2.89 bits per heavy atom. The van der Waals surface area contributed by atoms with Crippen LogP contribution in [0.3, 0.4) is 0 Å². The number of methoxy groups -OCH3 is 1. The number of fused-ring (bicyclic) bond motifs is 2. The number of hydrogen-bond acceptors (Lipinski definition) is 3. The van der Waals surface area contributed by atoms with Crippen molar-refractivity contribution in [3.05, 3.63) is 34.5 Å². The van der Waals surface area contributed by atoms with Crippen LogP contribution in [-0.4, -0.2) is 17.0 Å². The first kappa shape index (κ1) is 11.1. The maximum Gasteiger partial charge on any atom is 0.290 e. The summed E-state index contributed by atoms with van der Waals surface area (Å²) in [6.45, 7) is 0. The molecule has 0 spiro atoms. The lowest BCUT2D eigenvalue weighted by Crippen LogP contribution is -2.30. The van der Waals surface area contributed by atoms with Crippen molar-refractivity contribution >= 4 is 11.0 Å². The normalized spacial score (nSPS) is 14.5. The van der Waals surface area contributed by atoms with Crippen LogP contribution >= 0.6 is 0 Å². The van der Waals surface area contributed by atoms with Crippen LogP contribution in [0.25, 0.3) is 11.0 Å². The minimum Gasteiger partial charge on any atom is -0.497 e. The molecule has 1 aromatic heterocycles. The van der Waals surface area contributed by atoms with Crippen molar-refractivity contribution in [3.63, 3.8) is 0 Å². The molecule has 0 atom stereocenters. The second kappa shape index (κ2) is 4.01. The molecule has 1 N–H and O–H groups in total. The van der Waals surface area contributed by atoms with E-state index in [1.54, 1.807) is 25.3 Å². The smallest absolute Gasteiger partial charge is 0.290 e. The van der Waals surface area contributed by atoms with E-state index in [4.69, 9.17) is 4.74 Å². The van der Waals surface area contributed by atoms with Gasteiger partial charge in [0.15, 0.2) is 5.52 Å². The van der Waals surface area contributed by atoms with E-state index in [0.717, 1.165) is 40.5 Å². The SMILES string of the molecule is COc1ccc2c(c1)n(O)c1c([n+]2=O)CCCC1. The van der Waals surface area contributed by atoms with Gasteiger partial charge >= 0.3 is 0 Å². The third kappa shape index (κ3) is 1.47. The number of hydrogen-bond donors (Lipinski definition) is 1. The minimum absolute atomic E-state index is 0.471. The number of nitrogens with zero attached hydrogens (tertiary/aromatic N) is 2. The van der Waals surface area contributed by atoms with Gasteiger partial charge < -0.3 is 9.94 Å². The zero-order valence-corrected chi connectivity index (χ0v) is 10.2. The first-order chi connectivity index (χ1) is 8.72. The number of rotatable bonds is 1. The van der Waals surface area contributed by atoms with E-state index in [1.165, 1.54) is 0 Å². The van der Waals surface area contributed by atoms with E-state index in [0.29, 0.717) is 22.5 Å². The van der Waals surface area contributed by atoms with Gasteiger partial charge in [0, 0.05) is 23.5 Å². The summed E-state index contributed by atoms with van der Waals surface area (Å²) in [5.41, 5.74) is 2.36. The van der Waals surface area contributed by atoms with Crippen LogP contribution in [0.1, 0.15) is 24.2 Å². The van der Waals surface area contributed by atoms with Crippen LogP contribution in [0.4, 0.5) is 0 Å². The lowest BCUT2D eigenvalue weighted by atomic mass is 10.00. The molecule has 0 fully saturated rings. The molecular formula is C13H15N2O3+. The molecule has 0 radical (unpaired) electrons. The molecule has 1 aromatic carbocycles. The van der Waals surface area contributed by atoms with Gasteiger partial charge in [-0.1, -0.05) is 0 Å². The van der Waals surface area contributed by atoms with Crippen LogP contribution in [0.2, 0.25) is 0 Å². The summed E-state index contributed by atoms with van der Waals surface area (Å²) in [7, 11) is 1.56. The molecule has 0 saturated heterocycles. The Labute approximate surface area is 104 Å². The zero-order valence-electron chi connectivity index (χ0n) is 10.2. The summed E-state index contributed by atoms with van der Waals surface area (Å²) in [5.74, 6) is 0.626. The van der Waals surface area contributed by atoms with Crippen molar-refractivity contribution in [1.82, 2.24) is 4.73 Å². The largest absolute Gasteiger partial charge is 0.497 e. The van der Waals surface area contributed by atoms with Crippen molar-refractivity contribution in [2.45, 2.75) is 25.7 Å². The molecular weight excluding hydrogens is 232 g/mol. The predicted molar refractivity (Wildman–Crippen MR) is 65.7 cm³/mol. The Morgan fingerprint density at radius 1 is 1.33 bits per heavy atom. The van der Waals surface area contributed by atoms with Gasteiger partial charge in [0.2, 0.25) is 0 Å². The lowest BCUT2D eigenvalue weighted by Gasteiger charge is -2.13. The van der Waals surface area contributed by atoms with E-state index in [-0.39, 0.29) is 0 Å². The molecule has 3 rings (SSSR count). The molecule has 1 heterocycles. The maximum absolute atomic E-state index is 12.3. The standard InChI is InChI=1S/C13H15N2O3/c1-18-9-6-7-12-13(8-9)15(17)11-5-3-2-4-10(11)14(12)16/h6-8,17H,2-5H2,1H3/q+1. The Bertz CT molecular complexity index is 676. The van der Waals surface area contributed by atoms with Crippen LogP contribution in [-0.2, 0) is 12.8 Å². The quantitative estimate of drug-likeness (QED) is 0.616. The second-order valence-electron chi connectivity index (χ2n) is 4.56. The van der Waals surface area contributed by atoms with Crippen LogP contribution in [0.15, 0.2) is 18.2 Å². The Kier molecular flexibility index (Phi) is 2.47. The molecule has 18 heavy (non-hydrogen) atoms. The molecule has 0 bridgehead atoms. The maximum atomic E-state index is 12.3. The highest BCUT2D eigenvalue weighted by Crippen LogP contribution is 2.23. The molecule has 0 amide bonds. The molecule has 5 nitrogen and oxygen atoms in total. The van der Waals surface area contributed by atoms with Gasteiger partial charge in [-0.05, 0) is 25.3 Å². The highest BCUT2D eigenvalue weighted by molar-refractivity contribution is 5.73. The molecule has 0 saturated carbocycles. The van der Waals surface area contributed by atoms with Gasteiger partial charge in [-0.3, -0.25) is 0 Å². The van der Waals surface area contributed by atoms with E-state index in [2.05, 4.69) is 0 Å². The number of aromatic nitrogens is 2. The first-order valence-corrected chi connectivity index (χ1v) is 6.08. The van der Waals surface area contributed by atoms with E-state index < -0.39 is 0 Å². The Balaban J connectivity index is 2.40. The Hall–Kier alpha value is -2.04. The van der Waals surface area contributed by atoms with Crippen molar-refractivity contribution in [1.29, 1.82) is 0 Å². The molecule has 0 aliphatic heterocycles. The van der Waals surface area contributed by atoms with Gasteiger partial charge in [-0.15, -0.1) is 0 Å². The number of benzene rings is 1. The number of ether oxygens (including phenoxy) is 1. The summed E-state index contributed by atoms with van der Waals surface area (Å²) >= 11 is 0. The van der Waals surface area contributed by atoms with Gasteiger partial charge in [0.1, 0.15) is 11.4 Å². The third-order valence-electron chi connectivity index (χ3n) is 3.54. The van der Waals surface area contributed by atoms with Crippen molar-refractivity contribution in [2.24, 2.45) is 0 Å². The summed E-state index contributed by atoms with van der Waals surface area (Å²) in [5, 5.41) is 10.2. The molecule has 2 aromatic rings. The zero-order chi connectivity index (χ0) is 12.7. The van der Waals surface area contributed by atoms with Crippen molar-refractivity contribution < 1.29 is 14.4 Å². The van der Waals surface area contributed by atoms with Gasteiger partial charge in [-0.2, -0.15) is 4.73 Å².